The second-order valence-corrected chi connectivity index (χ2v) is 4.45. The van der Waals surface area contributed by atoms with Crippen LogP contribution >= 0.6 is 0 Å². The maximum Gasteiger partial charge on any atom is 0.115 e. The van der Waals surface area contributed by atoms with Gasteiger partial charge in [0.25, 0.3) is 0 Å². The number of benzene rings is 1. The van der Waals surface area contributed by atoms with Gasteiger partial charge in [0.15, 0.2) is 0 Å². The SMILES string of the molecule is CCCCC(C)CCc1ccc(O)cc1. The van der Waals surface area contributed by atoms with Gasteiger partial charge in [-0.2, -0.15) is 0 Å². The zero-order valence-corrected chi connectivity index (χ0v) is 9.87. The Morgan fingerprint density at radius 1 is 1.13 bits per heavy atom. The van der Waals surface area contributed by atoms with Gasteiger partial charge in [-0.15, -0.1) is 0 Å². The lowest BCUT2D eigenvalue weighted by molar-refractivity contribution is 0.469. The van der Waals surface area contributed by atoms with Crippen molar-refractivity contribution >= 4 is 0 Å². The molecule has 84 valence electrons. The molecule has 1 rings (SSSR count). The summed E-state index contributed by atoms with van der Waals surface area (Å²) in [6, 6.07) is 7.57. The van der Waals surface area contributed by atoms with Crippen LogP contribution in [0.1, 0.15) is 45.1 Å². The highest BCUT2D eigenvalue weighted by Crippen LogP contribution is 2.17. The zero-order valence-electron chi connectivity index (χ0n) is 9.87. The third-order valence-electron chi connectivity index (χ3n) is 2.91. The third kappa shape index (κ3) is 4.87. The van der Waals surface area contributed by atoms with Crippen LogP contribution in [0.3, 0.4) is 0 Å². The van der Waals surface area contributed by atoms with Crippen molar-refractivity contribution < 1.29 is 5.11 Å². The standard InChI is InChI=1S/C14H22O/c1-3-4-5-12(2)6-7-13-8-10-14(15)11-9-13/h8-12,15H,3-7H2,1-2H3. The summed E-state index contributed by atoms with van der Waals surface area (Å²) in [4.78, 5) is 0. The van der Waals surface area contributed by atoms with Crippen molar-refractivity contribution in [2.24, 2.45) is 5.92 Å². The topological polar surface area (TPSA) is 20.2 Å². The van der Waals surface area contributed by atoms with Crippen molar-refractivity contribution in [2.75, 3.05) is 0 Å². The van der Waals surface area contributed by atoms with Crippen LogP contribution in [0.5, 0.6) is 5.75 Å². The Hall–Kier alpha value is -0.980. The first kappa shape index (κ1) is 12.1. The van der Waals surface area contributed by atoms with Crippen molar-refractivity contribution in [1.29, 1.82) is 0 Å². The smallest absolute Gasteiger partial charge is 0.115 e. The highest BCUT2D eigenvalue weighted by atomic mass is 16.3. The monoisotopic (exact) mass is 206 g/mol. The molecular formula is C14H22O. The van der Waals surface area contributed by atoms with Crippen molar-refractivity contribution in [2.45, 2.75) is 46.0 Å². The summed E-state index contributed by atoms with van der Waals surface area (Å²) in [7, 11) is 0. The van der Waals surface area contributed by atoms with E-state index < -0.39 is 0 Å². The molecule has 0 aliphatic heterocycles. The van der Waals surface area contributed by atoms with Crippen molar-refractivity contribution in [3.63, 3.8) is 0 Å². The van der Waals surface area contributed by atoms with Crippen molar-refractivity contribution in [1.82, 2.24) is 0 Å². The number of phenolic OH excluding ortho intramolecular Hbond substituents is 1. The van der Waals surface area contributed by atoms with Crippen LogP contribution in [0.2, 0.25) is 0 Å². The summed E-state index contributed by atoms with van der Waals surface area (Å²) in [6.07, 6.45) is 6.37. The Kier molecular flexibility index (Phi) is 5.23. The summed E-state index contributed by atoms with van der Waals surface area (Å²) < 4.78 is 0. The maximum atomic E-state index is 9.15. The number of aromatic hydroxyl groups is 1. The van der Waals surface area contributed by atoms with Crippen LogP contribution in [0.4, 0.5) is 0 Å². The van der Waals surface area contributed by atoms with Gasteiger partial charge in [-0.1, -0.05) is 45.2 Å². The predicted octanol–water partition coefficient (Wildman–Crippen LogP) is 4.15. The minimum atomic E-state index is 0.359. The van der Waals surface area contributed by atoms with Gasteiger partial charge >= 0.3 is 0 Å². The molecule has 1 heteroatoms. The number of rotatable bonds is 6. The van der Waals surface area contributed by atoms with E-state index in [0.717, 1.165) is 12.3 Å². The normalized spacial score (nSPS) is 12.7. The lowest BCUT2D eigenvalue weighted by atomic mass is 9.96. The molecule has 0 radical (unpaired) electrons. The van der Waals surface area contributed by atoms with Crippen LogP contribution in [-0.2, 0) is 6.42 Å². The first-order valence-electron chi connectivity index (χ1n) is 6.00. The molecule has 1 aromatic carbocycles. The number of unbranched alkanes of at least 4 members (excludes halogenated alkanes) is 1. The molecule has 0 aliphatic carbocycles. The molecule has 0 saturated carbocycles. The molecule has 1 aromatic rings. The number of hydrogen-bond acceptors (Lipinski definition) is 1. The highest BCUT2D eigenvalue weighted by molar-refractivity contribution is 5.25. The molecule has 1 N–H and O–H groups in total. The molecule has 1 atom stereocenters. The Labute approximate surface area is 93.1 Å². The van der Waals surface area contributed by atoms with Crippen LogP contribution in [0.15, 0.2) is 24.3 Å². The second-order valence-electron chi connectivity index (χ2n) is 4.45. The number of hydrogen-bond donors (Lipinski definition) is 1. The van der Waals surface area contributed by atoms with Gasteiger partial charge in [-0.3, -0.25) is 0 Å². The van der Waals surface area contributed by atoms with Gasteiger partial charge in [-0.05, 0) is 36.5 Å². The van der Waals surface area contributed by atoms with Gasteiger partial charge in [-0.25, -0.2) is 0 Å². The average Bonchev–Trinajstić information content (AvgIpc) is 2.25. The number of phenols is 1. The molecule has 0 amide bonds. The summed E-state index contributed by atoms with van der Waals surface area (Å²) in [5.41, 5.74) is 1.33. The molecule has 15 heavy (non-hydrogen) atoms. The third-order valence-corrected chi connectivity index (χ3v) is 2.91. The van der Waals surface area contributed by atoms with E-state index in [1.807, 2.05) is 12.1 Å². The summed E-state index contributed by atoms with van der Waals surface area (Å²) in [5.74, 6) is 1.18. The molecule has 1 nitrogen and oxygen atoms in total. The van der Waals surface area contributed by atoms with Gasteiger partial charge in [0.1, 0.15) is 5.75 Å². The van der Waals surface area contributed by atoms with E-state index in [9.17, 15) is 0 Å². The molecular weight excluding hydrogens is 184 g/mol. The second kappa shape index (κ2) is 6.49. The first-order chi connectivity index (χ1) is 7.22. The molecule has 0 saturated heterocycles. The molecule has 0 bridgehead atoms. The van der Waals surface area contributed by atoms with Crippen molar-refractivity contribution in [3.8, 4) is 5.75 Å². The van der Waals surface area contributed by atoms with Crippen molar-refractivity contribution in [3.05, 3.63) is 29.8 Å². The van der Waals surface area contributed by atoms with E-state index in [-0.39, 0.29) is 0 Å². The molecule has 0 aliphatic rings. The van der Waals surface area contributed by atoms with Crippen LogP contribution < -0.4 is 0 Å². The molecule has 0 fully saturated rings. The quantitative estimate of drug-likeness (QED) is 0.741. The summed E-state index contributed by atoms with van der Waals surface area (Å²) in [5, 5.41) is 9.15. The summed E-state index contributed by atoms with van der Waals surface area (Å²) in [6.45, 7) is 4.57. The van der Waals surface area contributed by atoms with Gasteiger partial charge in [0.2, 0.25) is 0 Å². The largest absolute Gasteiger partial charge is 0.508 e. The van der Waals surface area contributed by atoms with E-state index in [1.54, 1.807) is 12.1 Å². The lowest BCUT2D eigenvalue weighted by Gasteiger charge is -2.10. The fraction of sp³-hybridized carbons (Fsp3) is 0.571. The lowest BCUT2D eigenvalue weighted by Crippen LogP contribution is -1.97. The van der Waals surface area contributed by atoms with Crippen LogP contribution in [0.25, 0.3) is 0 Å². The van der Waals surface area contributed by atoms with Gasteiger partial charge in [0.05, 0.1) is 0 Å². The minimum absolute atomic E-state index is 0.359. The van der Waals surface area contributed by atoms with Crippen LogP contribution in [0, 0.1) is 5.92 Å². The van der Waals surface area contributed by atoms with E-state index in [1.165, 1.54) is 31.2 Å². The number of aryl methyl sites for hydroxylation is 1. The Bertz CT molecular complexity index is 263. The fourth-order valence-corrected chi connectivity index (χ4v) is 1.77. The first-order valence-corrected chi connectivity index (χ1v) is 6.00. The fourth-order valence-electron chi connectivity index (χ4n) is 1.77. The minimum Gasteiger partial charge on any atom is -0.508 e. The Morgan fingerprint density at radius 2 is 1.80 bits per heavy atom. The molecule has 0 heterocycles. The Balaban J connectivity index is 2.27. The van der Waals surface area contributed by atoms with E-state index in [0.29, 0.717) is 5.75 Å². The molecule has 0 spiro atoms. The average molecular weight is 206 g/mol. The van der Waals surface area contributed by atoms with Gasteiger partial charge < -0.3 is 5.11 Å². The highest BCUT2D eigenvalue weighted by Gasteiger charge is 2.02. The van der Waals surface area contributed by atoms with E-state index >= 15 is 0 Å². The predicted molar refractivity (Wildman–Crippen MR) is 65.1 cm³/mol. The Morgan fingerprint density at radius 3 is 2.40 bits per heavy atom. The van der Waals surface area contributed by atoms with Crippen LogP contribution in [-0.4, -0.2) is 5.11 Å². The van der Waals surface area contributed by atoms with E-state index in [4.69, 9.17) is 5.11 Å². The molecule has 0 aromatic heterocycles. The molecule has 1 unspecified atom stereocenters. The summed E-state index contributed by atoms with van der Waals surface area (Å²) >= 11 is 0. The van der Waals surface area contributed by atoms with E-state index in [2.05, 4.69) is 13.8 Å². The van der Waals surface area contributed by atoms with Gasteiger partial charge in [0, 0.05) is 0 Å². The maximum absolute atomic E-state index is 9.15. The zero-order chi connectivity index (χ0) is 11.1.